The van der Waals surface area contributed by atoms with Crippen LogP contribution >= 0.6 is 15.9 Å². The molecule has 1 aromatic carbocycles. The topological polar surface area (TPSA) is 72.9 Å². The first kappa shape index (κ1) is 13.6. The van der Waals surface area contributed by atoms with Crippen LogP contribution in [-0.2, 0) is 13.5 Å². The van der Waals surface area contributed by atoms with Gasteiger partial charge in [0.05, 0.1) is 11.4 Å². The van der Waals surface area contributed by atoms with E-state index >= 15 is 0 Å². The Kier molecular flexibility index (Phi) is 3.90. The third-order valence-electron chi connectivity index (χ3n) is 2.75. The summed E-state index contributed by atoms with van der Waals surface area (Å²) >= 11 is 3.31. The molecule has 0 saturated carbocycles. The maximum Gasteiger partial charge on any atom is 0.255 e. The van der Waals surface area contributed by atoms with E-state index in [9.17, 15) is 4.79 Å². The van der Waals surface area contributed by atoms with E-state index in [1.54, 1.807) is 29.1 Å². The Hall–Kier alpha value is -1.82. The highest BCUT2D eigenvalue weighted by Crippen LogP contribution is 2.21. The monoisotopic (exact) mass is 322 g/mol. The molecule has 0 aliphatic carbocycles. The number of carbonyl (C=O) groups excluding carboxylic acids is 1. The average Bonchev–Trinajstić information content (AvgIpc) is 2.72. The molecule has 2 rings (SSSR count). The van der Waals surface area contributed by atoms with Gasteiger partial charge in [0.2, 0.25) is 0 Å². The second-order valence-electron chi connectivity index (χ2n) is 4.21. The Labute approximate surface area is 119 Å². The van der Waals surface area contributed by atoms with Crippen LogP contribution in [0.5, 0.6) is 0 Å². The molecule has 100 valence electrons. The van der Waals surface area contributed by atoms with Gasteiger partial charge in [-0.05, 0) is 40.5 Å². The standard InChI is InChI=1S/C13H15BrN4O/c1-3-11-12(7-18(2)17-11)16-13(19)8-4-5-10(15)9(14)6-8/h4-7H,3,15H2,1-2H3,(H,16,19). The number of nitrogens with zero attached hydrogens (tertiary/aromatic N) is 2. The number of anilines is 2. The molecule has 5 nitrogen and oxygen atoms in total. The lowest BCUT2D eigenvalue weighted by Crippen LogP contribution is -2.12. The minimum Gasteiger partial charge on any atom is -0.398 e. The van der Waals surface area contributed by atoms with Crippen molar-refractivity contribution in [2.24, 2.45) is 7.05 Å². The molecule has 19 heavy (non-hydrogen) atoms. The number of rotatable bonds is 3. The van der Waals surface area contributed by atoms with Gasteiger partial charge in [0, 0.05) is 29.0 Å². The van der Waals surface area contributed by atoms with Gasteiger partial charge in [0.1, 0.15) is 0 Å². The lowest BCUT2D eigenvalue weighted by molar-refractivity contribution is 0.102. The van der Waals surface area contributed by atoms with Crippen molar-refractivity contribution in [3.8, 4) is 0 Å². The number of aryl methyl sites for hydroxylation is 2. The number of nitrogens with one attached hydrogen (secondary N) is 1. The average molecular weight is 323 g/mol. The molecule has 6 heteroatoms. The van der Waals surface area contributed by atoms with Crippen LogP contribution in [0, 0.1) is 0 Å². The fraction of sp³-hybridized carbons (Fsp3) is 0.231. The maximum atomic E-state index is 12.1. The lowest BCUT2D eigenvalue weighted by Gasteiger charge is -2.06. The van der Waals surface area contributed by atoms with Gasteiger partial charge in [-0.25, -0.2) is 0 Å². The van der Waals surface area contributed by atoms with Crippen LogP contribution in [0.25, 0.3) is 0 Å². The van der Waals surface area contributed by atoms with E-state index in [2.05, 4.69) is 26.3 Å². The molecular formula is C13H15BrN4O. The number of aromatic nitrogens is 2. The van der Waals surface area contributed by atoms with Crippen LogP contribution in [0.15, 0.2) is 28.9 Å². The van der Waals surface area contributed by atoms with Gasteiger partial charge in [-0.3, -0.25) is 9.48 Å². The smallest absolute Gasteiger partial charge is 0.255 e. The summed E-state index contributed by atoms with van der Waals surface area (Å²) in [7, 11) is 1.83. The number of amides is 1. The number of benzene rings is 1. The second kappa shape index (κ2) is 5.44. The van der Waals surface area contributed by atoms with Gasteiger partial charge in [-0.15, -0.1) is 0 Å². The molecule has 0 atom stereocenters. The number of carbonyl (C=O) groups is 1. The molecule has 3 N–H and O–H groups in total. The van der Waals surface area contributed by atoms with Crippen molar-refractivity contribution >= 4 is 33.2 Å². The fourth-order valence-corrected chi connectivity index (χ4v) is 2.14. The Balaban J connectivity index is 2.22. The normalized spacial score (nSPS) is 10.5. The molecular weight excluding hydrogens is 308 g/mol. The van der Waals surface area contributed by atoms with E-state index in [4.69, 9.17) is 5.73 Å². The van der Waals surface area contributed by atoms with E-state index in [0.717, 1.165) is 17.8 Å². The minimum atomic E-state index is -0.177. The number of nitrogen functional groups attached to an aromatic ring is 1. The van der Waals surface area contributed by atoms with Crippen molar-refractivity contribution in [1.29, 1.82) is 0 Å². The van der Waals surface area contributed by atoms with Gasteiger partial charge in [0.15, 0.2) is 0 Å². The fourth-order valence-electron chi connectivity index (χ4n) is 1.76. The summed E-state index contributed by atoms with van der Waals surface area (Å²) in [4.78, 5) is 12.1. The van der Waals surface area contributed by atoms with E-state index in [1.807, 2.05) is 14.0 Å². The van der Waals surface area contributed by atoms with Crippen molar-refractivity contribution in [3.05, 3.63) is 40.1 Å². The van der Waals surface area contributed by atoms with Gasteiger partial charge in [-0.2, -0.15) is 5.10 Å². The number of nitrogens with two attached hydrogens (primary N) is 1. The summed E-state index contributed by atoms with van der Waals surface area (Å²) in [5.41, 5.74) is 8.46. The zero-order valence-corrected chi connectivity index (χ0v) is 12.4. The number of hydrogen-bond donors (Lipinski definition) is 2. The molecule has 0 fully saturated rings. The quantitative estimate of drug-likeness (QED) is 0.853. The Morgan fingerprint density at radius 3 is 2.89 bits per heavy atom. The third-order valence-corrected chi connectivity index (χ3v) is 3.44. The first-order valence-electron chi connectivity index (χ1n) is 5.90. The van der Waals surface area contributed by atoms with E-state index in [0.29, 0.717) is 15.7 Å². The predicted octanol–water partition coefficient (Wildman–Crippen LogP) is 2.58. The molecule has 0 spiro atoms. The van der Waals surface area contributed by atoms with Crippen LogP contribution in [0.2, 0.25) is 0 Å². The largest absolute Gasteiger partial charge is 0.398 e. The first-order valence-corrected chi connectivity index (χ1v) is 6.69. The van der Waals surface area contributed by atoms with Crippen molar-refractivity contribution in [2.45, 2.75) is 13.3 Å². The summed E-state index contributed by atoms with van der Waals surface area (Å²) in [6.07, 6.45) is 2.56. The molecule has 0 unspecified atom stereocenters. The van der Waals surface area contributed by atoms with Crippen LogP contribution < -0.4 is 11.1 Å². The molecule has 1 aromatic heterocycles. The second-order valence-corrected chi connectivity index (χ2v) is 5.06. The summed E-state index contributed by atoms with van der Waals surface area (Å²) in [5.74, 6) is -0.177. The van der Waals surface area contributed by atoms with Gasteiger partial charge in [-0.1, -0.05) is 6.92 Å². The predicted molar refractivity (Wildman–Crippen MR) is 79.1 cm³/mol. The lowest BCUT2D eigenvalue weighted by atomic mass is 10.2. The highest BCUT2D eigenvalue weighted by atomic mass is 79.9. The van der Waals surface area contributed by atoms with E-state index in [1.165, 1.54) is 0 Å². The maximum absolute atomic E-state index is 12.1. The third kappa shape index (κ3) is 2.96. The summed E-state index contributed by atoms with van der Waals surface area (Å²) in [5, 5.41) is 7.14. The van der Waals surface area contributed by atoms with Gasteiger partial charge < -0.3 is 11.1 Å². The summed E-state index contributed by atoms with van der Waals surface area (Å²) in [6, 6.07) is 5.09. The summed E-state index contributed by atoms with van der Waals surface area (Å²) < 4.78 is 2.40. The molecule has 0 aliphatic rings. The Bertz CT molecular complexity index is 621. The molecule has 1 heterocycles. The molecule has 0 bridgehead atoms. The van der Waals surface area contributed by atoms with Crippen LogP contribution in [0.3, 0.4) is 0 Å². The number of halogens is 1. The molecule has 0 aliphatic heterocycles. The van der Waals surface area contributed by atoms with E-state index in [-0.39, 0.29) is 5.91 Å². The molecule has 0 saturated heterocycles. The zero-order valence-electron chi connectivity index (χ0n) is 10.8. The molecule has 1 amide bonds. The Morgan fingerprint density at radius 1 is 1.53 bits per heavy atom. The van der Waals surface area contributed by atoms with Gasteiger partial charge in [0.25, 0.3) is 5.91 Å². The van der Waals surface area contributed by atoms with Crippen LogP contribution in [0.1, 0.15) is 23.0 Å². The SMILES string of the molecule is CCc1nn(C)cc1NC(=O)c1ccc(N)c(Br)c1. The molecule has 0 radical (unpaired) electrons. The van der Waals surface area contributed by atoms with Crippen LogP contribution in [-0.4, -0.2) is 15.7 Å². The van der Waals surface area contributed by atoms with Crippen molar-refractivity contribution in [3.63, 3.8) is 0 Å². The minimum absolute atomic E-state index is 0.177. The molecule has 2 aromatic rings. The highest BCUT2D eigenvalue weighted by molar-refractivity contribution is 9.10. The van der Waals surface area contributed by atoms with Crippen molar-refractivity contribution in [2.75, 3.05) is 11.1 Å². The highest BCUT2D eigenvalue weighted by Gasteiger charge is 2.12. The Morgan fingerprint density at radius 2 is 2.26 bits per heavy atom. The first-order chi connectivity index (χ1) is 9.01. The zero-order chi connectivity index (χ0) is 14.0. The summed E-state index contributed by atoms with van der Waals surface area (Å²) in [6.45, 7) is 2.00. The van der Waals surface area contributed by atoms with Crippen LogP contribution in [0.4, 0.5) is 11.4 Å². The van der Waals surface area contributed by atoms with Crippen molar-refractivity contribution < 1.29 is 4.79 Å². The van der Waals surface area contributed by atoms with Crippen molar-refractivity contribution in [1.82, 2.24) is 9.78 Å². The van der Waals surface area contributed by atoms with E-state index < -0.39 is 0 Å². The number of hydrogen-bond acceptors (Lipinski definition) is 3. The van der Waals surface area contributed by atoms with Gasteiger partial charge >= 0.3 is 0 Å².